The van der Waals surface area contributed by atoms with Crippen LogP contribution in [-0.2, 0) is 0 Å². The van der Waals surface area contributed by atoms with Gasteiger partial charge in [-0.3, -0.25) is 5.32 Å². The van der Waals surface area contributed by atoms with Crippen LogP contribution in [0.1, 0.15) is 0 Å². The minimum Gasteiger partial charge on any atom is -0.358 e. The SMILES string of the molecule is CN1CNC([N+](=O)[O-])=C1Sc1ncnc2nc[nH]c12. The molecule has 2 aromatic heterocycles. The number of imidazole rings is 1. The molecule has 0 spiro atoms. The molecule has 0 bridgehead atoms. The highest BCUT2D eigenvalue weighted by atomic mass is 32.2. The molecule has 1 aliphatic heterocycles. The normalized spacial score (nSPS) is 15.1. The van der Waals surface area contributed by atoms with E-state index in [1.807, 2.05) is 0 Å². The van der Waals surface area contributed by atoms with Crippen molar-refractivity contribution in [2.75, 3.05) is 13.7 Å². The van der Waals surface area contributed by atoms with Gasteiger partial charge in [0.1, 0.15) is 16.9 Å². The summed E-state index contributed by atoms with van der Waals surface area (Å²) in [6, 6.07) is 0. The molecule has 9 nitrogen and oxygen atoms in total. The second kappa shape index (κ2) is 4.39. The first-order valence-corrected chi connectivity index (χ1v) is 6.14. The molecule has 0 radical (unpaired) electrons. The second-order valence-corrected chi connectivity index (χ2v) is 4.80. The maximum absolute atomic E-state index is 11.0. The molecule has 0 amide bonds. The Labute approximate surface area is 111 Å². The molecule has 98 valence electrons. The van der Waals surface area contributed by atoms with Gasteiger partial charge in [0.2, 0.25) is 0 Å². The van der Waals surface area contributed by atoms with Crippen LogP contribution in [0, 0.1) is 10.1 Å². The number of hydrogen-bond donors (Lipinski definition) is 2. The maximum Gasteiger partial charge on any atom is 0.348 e. The summed E-state index contributed by atoms with van der Waals surface area (Å²) < 4.78 is 0. The topological polar surface area (TPSA) is 113 Å². The lowest BCUT2D eigenvalue weighted by atomic mass is 10.6. The monoisotopic (exact) mass is 279 g/mol. The van der Waals surface area contributed by atoms with E-state index in [-0.39, 0.29) is 5.82 Å². The van der Waals surface area contributed by atoms with Gasteiger partial charge in [0.25, 0.3) is 0 Å². The first kappa shape index (κ1) is 11.7. The van der Waals surface area contributed by atoms with Gasteiger partial charge in [0, 0.05) is 7.05 Å². The molecule has 19 heavy (non-hydrogen) atoms. The summed E-state index contributed by atoms with van der Waals surface area (Å²) >= 11 is 1.21. The Kier molecular flexibility index (Phi) is 2.71. The molecule has 10 heteroatoms. The number of H-pyrrole nitrogens is 1. The smallest absolute Gasteiger partial charge is 0.348 e. The van der Waals surface area contributed by atoms with Gasteiger partial charge in [-0.25, -0.2) is 15.0 Å². The molecule has 0 fully saturated rings. The number of aromatic amines is 1. The van der Waals surface area contributed by atoms with Crippen LogP contribution in [0.15, 0.2) is 28.5 Å². The summed E-state index contributed by atoms with van der Waals surface area (Å²) in [5, 5.41) is 14.8. The number of fused-ring (bicyclic) bond motifs is 1. The molecule has 0 unspecified atom stereocenters. The van der Waals surface area contributed by atoms with Crippen molar-refractivity contribution < 1.29 is 4.92 Å². The average Bonchev–Trinajstić information content (AvgIpc) is 2.97. The van der Waals surface area contributed by atoms with E-state index in [9.17, 15) is 10.1 Å². The van der Waals surface area contributed by atoms with Gasteiger partial charge in [-0.2, -0.15) is 0 Å². The molecule has 0 saturated heterocycles. The summed E-state index contributed by atoms with van der Waals surface area (Å²) in [4.78, 5) is 27.4. The van der Waals surface area contributed by atoms with Crippen molar-refractivity contribution in [3.8, 4) is 0 Å². The van der Waals surface area contributed by atoms with Crippen molar-refractivity contribution >= 4 is 22.9 Å². The Bertz CT molecular complexity index is 682. The van der Waals surface area contributed by atoms with E-state index in [1.165, 1.54) is 24.4 Å². The number of rotatable bonds is 3. The van der Waals surface area contributed by atoms with Crippen LogP contribution in [0.3, 0.4) is 0 Å². The van der Waals surface area contributed by atoms with E-state index in [2.05, 4.69) is 25.3 Å². The Hall–Kier alpha value is -2.36. The predicted octanol–water partition coefficient (Wildman–Crippen LogP) is 0.341. The number of hydrogen-bond acceptors (Lipinski definition) is 8. The van der Waals surface area contributed by atoms with Crippen LogP contribution in [-0.4, -0.2) is 43.5 Å². The van der Waals surface area contributed by atoms with Crippen LogP contribution < -0.4 is 5.32 Å². The third-order valence-corrected chi connectivity index (χ3v) is 3.80. The van der Waals surface area contributed by atoms with Crippen molar-refractivity contribution in [3.63, 3.8) is 0 Å². The van der Waals surface area contributed by atoms with Gasteiger partial charge < -0.3 is 20.0 Å². The fraction of sp³-hybridized carbons (Fsp3) is 0.222. The van der Waals surface area contributed by atoms with E-state index >= 15 is 0 Å². The quantitative estimate of drug-likeness (QED) is 0.470. The van der Waals surface area contributed by atoms with Crippen molar-refractivity contribution in [1.82, 2.24) is 30.2 Å². The molecule has 0 saturated carbocycles. The van der Waals surface area contributed by atoms with Crippen molar-refractivity contribution in [3.05, 3.63) is 33.6 Å². The number of aromatic nitrogens is 4. The lowest BCUT2D eigenvalue weighted by Gasteiger charge is -2.10. The van der Waals surface area contributed by atoms with Crippen LogP contribution in [0.4, 0.5) is 0 Å². The lowest BCUT2D eigenvalue weighted by Crippen LogP contribution is -2.19. The maximum atomic E-state index is 11.0. The standard InChI is InChI=1S/C9H9N7O2S/c1-15-4-14-7(16(17)18)9(15)19-8-5-6(11-2-10-5)12-3-13-8/h2-3,14H,4H2,1H3,(H,10,11,12,13). The average molecular weight is 279 g/mol. The fourth-order valence-corrected chi connectivity index (χ4v) is 2.70. The van der Waals surface area contributed by atoms with E-state index in [4.69, 9.17) is 0 Å². The van der Waals surface area contributed by atoms with Crippen molar-refractivity contribution in [1.29, 1.82) is 0 Å². The molecule has 3 heterocycles. The summed E-state index contributed by atoms with van der Waals surface area (Å²) in [7, 11) is 1.77. The number of nitrogens with one attached hydrogen (secondary N) is 2. The molecule has 2 aromatic rings. The number of nitro groups is 1. The van der Waals surface area contributed by atoms with E-state index < -0.39 is 4.92 Å². The Balaban J connectivity index is 2.02. The largest absolute Gasteiger partial charge is 0.358 e. The number of thioether (sulfide) groups is 1. The van der Waals surface area contributed by atoms with Gasteiger partial charge in [0.05, 0.1) is 6.33 Å². The van der Waals surface area contributed by atoms with Crippen molar-refractivity contribution in [2.24, 2.45) is 0 Å². The van der Waals surface area contributed by atoms with Crippen LogP contribution in [0.5, 0.6) is 0 Å². The van der Waals surface area contributed by atoms with Gasteiger partial charge in [0.15, 0.2) is 17.3 Å². The van der Waals surface area contributed by atoms with Crippen molar-refractivity contribution in [2.45, 2.75) is 5.03 Å². The molecule has 3 rings (SSSR count). The zero-order valence-electron chi connectivity index (χ0n) is 9.82. The third-order valence-electron chi connectivity index (χ3n) is 2.60. The minimum absolute atomic E-state index is 0.0150. The van der Waals surface area contributed by atoms with Gasteiger partial charge in [-0.15, -0.1) is 0 Å². The highest BCUT2D eigenvalue weighted by Crippen LogP contribution is 2.33. The highest BCUT2D eigenvalue weighted by molar-refractivity contribution is 8.03. The van der Waals surface area contributed by atoms with Crippen LogP contribution in [0.2, 0.25) is 0 Å². The van der Waals surface area contributed by atoms with E-state index in [1.54, 1.807) is 11.9 Å². The molecular formula is C9H9N7O2S. The lowest BCUT2D eigenvalue weighted by molar-refractivity contribution is -0.430. The number of nitrogens with zero attached hydrogens (tertiary/aromatic N) is 5. The zero-order chi connectivity index (χ0) is 13.4. The van der Waals surface area contributed by atoms with Crippen LogP contribution in [0.25, 0.3) is 11.2 Å². The zero-order valence-corrected chi connectivity index (χ0v) is 10.6. The Morgan fingerprint density at radius 2 is 2.32 bits per heavy atom. The Morgan fingerprint density at radius 1 is 1.47 bits per heavy atom. The first-order valence-electron chi connectivity index (χ1n) is 5.32. The first-order chi connectivity index (χ1) is 9.16. The summed E-state index contributed by atoms with van der Waals surface area (Å²) in [6.07, 6.45) is 2.91. The molecule has 0 aromatic carbocycles. The highest BCUT2D eigenvalue weighted by Gasteiger charge is 2.29. The minimum atomic E-state index is -0.433. The van der Waals surface area contributed by atoms with Gasteiger partial charge in [-0.05, 0) is 16.7 Å². The second-order valence-electron chi connectivity index (χ2n) is 3.83. The predicted molar refractivity (Wildman–Crippen MR) is 67.3 cm³/mol. The molecule has 0 atom stereocenters. The summed E-state index contributed by atoms with van der Waals surface area (Å²) in [5.41, 5.74) is 1.21. The molecular weight excluding hydrogens is 270 g/mol. The van der Waals surface area contributed by atoms with Crippen LogP contribution >= 0.6 is 11.8 Å². The third kappa shape index (κ3) is 1.95. The van der Waals surface area contributed by atoms with E-state index in [0.29, 0.717) is 27.9 Å². The molecule has 1 aliphatic rings. The van der Waals surface area contributed by atoms with E-state index in [0.717, 1.165) is 0 Å². The Morgan fingerprint density at radius 3 is 3.11 bits per heavy atom. The molecule has 0 aliphatic carbocycles. The summed E-state index contributed by atoms with van der Waals surface area (Å²) in [6.45, 7) is 0.399. The fourth-order valence-electron chi connectivity index (χ4n) is 1.70. The van der Waals surface area contributed by atoms with Gasteiger partial charge >= 0.3 is 5.82 Å². The molecule has 2 N–H and O–H groups in total. The van der Waals surface area contributed by atoms with Gasteiger partial charge in [-0.1, -0.05) is 0 Å². The summed E-state index contributed by atoms with van der Waals surface area (Å²) in [5.74, 6) is -0.0150.